The summed E-state index contributed by atoms with van der Waals surface area (Å²) in [5, 5.41) is 14.6. The summed E-state index contributed by atoms with van der Waals surface area (Å²) in [6, 6.07) is 21.7. The number of carbonyl (C=O) groups is 3. The van der Waals surface area contributed by atoms with Gasteiger partial charge in [0.25, 0.3) is 17.7 Å². The molecule has 7 nitrogen and oxygen atoms in total. The van der Waals surface area contributed by atoms with Gasteiger partial charge in [-0.1, -0.05) is 54.1 Å². The van der Waals surface area contributed by atoms with Crippen LogP contribution < -0.4 is 16.1 Å². The van der Waals surface area contributed by atoms with Crippen LogP contribution >= 0.6 is 0 Å². The average Bonchev–Trinajstić information content (AvgIpc) is 3.70. The molecule has 3 aromatic carbocycles. The lowest BCUT2D eigenvalue weighted by Gasteiger charge is -2.10. The van der Waals surface area contributed by atoms with Crippen molar-refractivity contribution in [3.05, 3.63) is 106 Å². The Morgan fingerprint density at radius 3 is 2.00 bits per heavy atom. The van der Waals surface area contributed by atoms with Gasteiger partial charge < -0.3 is 10.6 Å². The number of hydroxylamine groups is 1. The summed E-state index contributed by atoms with van der Waals surface area (Å²) < 4.78 is 0. The smallest absolute Gasteiger partial charge is 0.274 e. The summed E-state index contributed by atoms with van der Waals surface area (Å²) >= 11 is 0. The van der Waals surface area contributed by atoms with E-state index >= 15 is 0 Å². The molecule has 0 aromatic heterocycles. The van der Waals surface area contributed by atoms with Crippen LogP contribution in [0.1, 0.15) is 55.8 Å². The number of benzene rings is 3. The first-order valence-electron chi connectivity index (χ1n) is 11.4. The van der Waals surface area contributed by atoms with Crippen LogP contribution in [0.4, 0.5) is 0 Å². The molecule has 3 amide bonds. The molecule has 1 fully saturated rings. The Balaban J connectivity index is 1.44. The van der Waals surface area contributed by atoms with E-state index in [1.165, 1.54) is 0 Å². The summed E-state index contributed by atoms with van der Waals surface area (Å²) in [5.74, 6) is -0.922. The molecule has 0 spiro atoms. The molecular formula is C28H27N3O4. The highest BCUT2D eigenvalue weighted by Gasteiger charge is 2.25. The number of carbonyl (C=O) groups excluding carboxylic acids is 3. The summed E-state index contributed by atoms with van der Waals surface area (Å²) in [5.41, 5.74) is 6.60. The molecule has 0 unspecified atom stereocenters. The maximum absolute atomic E-state index is 12.9. The fraction of sp³-hybridized carbons (Fsp3) is 0.179. The zero-order valence-corrected chi connectivity index (χ0v) is 19.4. The van der Waals surface area contributed by atoms with Crippen LogP contribution in [0.15, 0.2) is 72.8 Å². The lowest BCUT2D eigenvalue weighted by Crippen LogP contribution is -2.26. The van der Waals surface area contributed by atoms with Crippen LogP contribution in [-0.4, -0.2) is 29.0 Å². The molecule has 0 heterocycles. The van der Waals surface area contributed by atoms with Crippen LogP contribution in [0.5, 0.6) is 0 Å². The van der Waals surface area contributed by atoms with Crippen molar-refractivity contribution in [1.29, 1.82) is 0 Å². The van der Waals surface area contributed by atoms with Crippen molar-refractivity contribution in [3.8, 4) is 0 Å². The molecule has 0 atom stereocenters. The van der Waals surface area contributed by atoms with Gasteiger partial charge in [0.2, 0.25) is 0 Å². The predicted molar refractivity (Wildman–Crippen MR) is 134 cm³/mol. The third-order valence-electron chi connectivity index (χ3n) is 5.77. The highest BCUT2D eigenvalue weighted by molar-refractivity contribution is 6.24. The number of nitrogens with one attached hydrogen (secondary N) is 3. The van der Waals surface area contributed by atoms with Crippen LogP contribution in [0.3, 0.4) is 0 Å². The number of hydrogen-bond acceptors (Lipinski definition) is 4. The number of hydrogen-bond donors (Lipinski definition) is 4. The van der Waals surface area contributed by atoms with E-state index in [9.17, 15) is 14.4 Å². The molecule has 0 bridgehead atoms. The van der Waals surface area contributed by atoms with Gasteiger partial charge in [-0.05, 0) is 66.8 Å². The second kappa shape index (κ2) is 10.8. The molecular weight excluding hydrogens is 442 g/mol. The lowest BCUT2D eigenvalue weighted by atomic mass is 10.00. The number of rotatable bonds is 8. The summed E-state index contributed by atoms with van der Waals surface area (Å²) in [4.78, 5) is 36.8. The van der Waals surface area contributed by atoms with E-state index in [1.807, 2.05) is 49.4 Å². The van der Waals surface area contributed by atoms with E-state index in [-0.39, 0.29) is 17.9 Å². The summed E-state index contributed by atoms with van der Waals surface area (Å²) in [6.45, 7) is 2.30. The fourth-order valence-electron chi connectivity index (χ4n) is 3.52. The van der Waals surface area contributed by atoms with Crippen LogP contribution in [0, 0.1) is 6.92 Å². The number of amides is 3. The maximum atomic E-state index is 12.9. The van der Waals surface area contributed by atoms with Crippen molar-refractivity contribution in [2.24, 2.45) is 0 Å². The maximum Gasteiger partial charge on any atom is 0.274 e. The first-order valence-corrected chi connectivity index (χ1v) is 11.4. The van der Waals surface area contributed by atoms with Gasteiger partial charge in [0.05, 0.1) is 0 Å². The highest BCUT2D eigenvalue weighted by atomic mass is 16.5. The Hall–Kier alpha value is -4.23. The molecule has 178 valence electrons. The highest BCUT2D eigenvalue weighted by Crippen LogP contribution is 2.24. The van der Waals surface area contributed by atoms with Gasteiger partial charge in [0.15, 0.2) is 0 Å². The Bertz CT molecular complexity index is 1240. The number of aryl methyl sites for hydroxylation is 1. The second-order valence-electron chi connectivity index (χ2n) is 8.61. The molecule has 0 radical (unpaired) electrons. The molecule has 0 saturated heterocycles. The van der Waals surface area contributed by atoms with E-state index in [2.05, 4.69) is 10.6 Å². The van der Waals surface area contributed by atoms with Crippen molar-refractivity contribution < 1.29 is 19.6 Å². The van der Waals surface area contributed by atoms with E-state index in [0.29, 0.717) is 23.2 Å². The average molecular weight is 470 g/mol. The molecule has 1 saturated carbocycles. The van der Waals surface area contributed by atoms with Crippen molar-refractivity contribution in [1.82, 2.24) is 16.1 Å². The molecule has 0 aliphatic heterocycles. The van der Waals surface area contributed by atoms with E-state index < -0.39 is 5.91 Å². The quantitative estimate of drug-likeness (QED) is 0.174. The van der Waals surface area contributed by atoms with Gasteiger partial charge in [-0.3, -0.25) is 19.6 Å². The molecule has 4 rings (SSSR count). The van der Waals surface area contributed by atoms with Crippen molar-refractivity contribution in [3.63, 3.8) is 0 Å². The van der Waals surface area contributed by atoms with Crippen molar-refractivity contribution >= 4 is 29.4 Å². The van der Waals surface area contributed by atoms with Crippen LogP contribution in [0.2, 0.25) is 0 Å². The fourth-order valence-corrected chi connectivity index (χ4v) is 3.52. The molecule has 3 aromatic rings. The van der Waals surface area contributed by atoms with Gasteiger partial charge in [-0.15, -0.1) is 0 Å². The molecule has 1 aliphatic rings. The van der Waals surface area contributed by atoms with Crippen molar-refractivity contribution in [2.75, 3.05) is 0 Å². The van der Waals surface area contributed by atoms with Gasteiger partial charge in [-0.2, -0.15) is 0 Å². The lowest BCUT2D eigenvalue weighted by molar-refractivity contribution is -0.115. The third-order valence-corrected chi connectivity index (χ3v) is 5.77. The predicted octanol–water partition coefficient (Wildman–Crippen LogP) is 3.86. The van der Waals surface area contributed by atoms with Gasteiger partial charge >= 0.3 is 0 Å². The molecule has 7 heteroatoms. The zero-order valence-electron chi connectivity index (χ0n) is 19.4. The van der Waals surface area contributed by atoms with E-state index in [0.717, 1.165) is 35.1 Å². The first-order chi connectivity index (χ1) is 16.9. The largest absolute Gasteiger partial charge is 0.349 e. The van der Waals surface area contributed by atoms with E-state index in [4.69, 9.17) is 5.21 Å². The Kier molecular flexibility index (Phi) is 7.38. The molecule has 1 aliphatic carbocycles. The van der Waals surface area contributed by atoms with Gasteiger partial charge in [0, 0.05) is 29.3 Å². The monoisotopic (exact) mass is 469 g/mol. The Labute approximate surface area is 203 Å². The molecule has 35 heavy (non-hydrogen) atoms. The standard InChI is InChI=1S/C28H27N3O4/c1-18-2-8-21(9-3-18)25(28(34)30-24-14-15-24)16-19-4-10-22(11-5-19)26(32)29-17-20-6-12-23(13-7-20)27(33)31-35/h2-13,16,24,35H,14-15,17H2,1H3,(H,29,32)(H,30,34)(H,31,33). The normalized spacial score (nSPS) is 13.1. The minimum atomic E-state index is -0.592. The van der Waals surface area contributed by atoms with Gasteiger partial charge in [-0.25, -0.2) is 5.48 Å². The topological polar surface area (TPSA) is 108 Å². The van der Waals surface area contributed by atoms with Gasteiger partial charge in [0.1, 0.15) is 0 Å². The van der Waals surface area contributed by atoms with Crippen LogP contribution in [0.25, 0.3) is 11.6 Å². The third kappa shape index (κ3) is 6.43. The van der Waals surface area contributed by atoms with Crippen molar-refractivity contribution in [2.45, 2.75) is 32.4 Å². The Morgan fingerprint density at radius 2 is 1.40 bits per heavy atom. The summed E-state index contributed by atoms with van der Waals surface area (Å²) in [7, 11) is 0. The van der Waals surface area contributed by atoms with E-state index in [1.54, 1.807) is 41.9 Å². The Morgan fingerprint density at radius 1 is 0.829 bits per heavy atom. The summed E-state index contributed by atoms with van der Waals surface area (Å²) in [6.07, 6.45) is 3.87. The zero-order chi connectivity index (χ0) is 24.8. The van der Waals surface area contributed by atoms with Crippen LogP contribution in [-0.2, 0) is 11.3 Å². The minimum absolute atomic E-state index is 0.0966. The SMILES string of the molecule is Cc1ccc(C(=Cc2ccc(C(=O)NCc3ccc(C(=O)NO)cc3)cc2)C(=O)NC2CC2)cc1. The molecule has 4 N–H and O–H groups in total. The minimum Gasteiger partial charge on any atom is -0.349 e. The second-order valence-corrected chi connectivity index (χ2v) is 8.61. The first kappa shape index (κ1) is 23.9.